The molecule has 26 heavy (non-hydrogen) atoms. The molecule has 0 fully saturated rings. The molecule has 0 radical (unpaired) electrons. The van der Waals surface area contributed by atoms with Crippen LogP contribution in [0, 0.1) is 5.92 Å². The summed E-state index contributed by atoms with van der Waals surface area (Å²) in [5.74, 6) is -0.0955. The molecule has 138 valence electrons. The Hall–Kier alpha value is -2.39. The third-order valence-electron chi connectivity index (χ3n) is 4.16. The molecule has 0 aliphatic heterocycles. The van der Waals surface area contributed by atoms with E-state index in [1.165, 1.54) is 35.7 Å². The molecule has 2 heterocycles. The number of ether oxygens (including phenoxy) is 1. The fourth-order valence-corrected chi connectivity index (χ4v) is 4.50. The predicted octanol–water partition coefficient (Wildman–Crippen LogP) is 2.88. The SMILES string of the molecule is COC(=O)c1c(NC(=S)NNC(=O)c2ccco2)sc2c1CC[C@H](C)C2. The van der Waals surface area contributed by atoms with E-state index in [0.717, 1.165) is 24.8 Å². The lowest BCUT2D eigenvalue weighted by atomic mass is 9.88. The minimum Gasteiger partial charge on any atom is -0.465 e. The molecule has 3 rings (SSSR count). The minimum atomic E-state index is -0.452. The molecule has 2 aromatic rings. The summed E-state index contributed by atoms with van der Waals surface area (Å²) >= 11 is 6.72. The summed E-state index contributed by atoms with van der Waals surface area (Å²) in [6, 6.07) is 3.16. The number of carbonyl (C=O) groups is 2. The lowest BCUT2D eigenvalue weighted by Gasteiger charge is -2.18. The summed E-state index contributed by atoms with van der Waals surface area (Å²) in [5.41, 5.74) is 6.61. The van der Waals surface area contributed by atoms with Crippen molar-refractivity contribution in [3.8, 4) is 0 Å². The molecule has 0 bridgehead atoms. The molecule has 0 saturated heterocycles. The maximum absolute atomic E-state index is 12.3. The van der Waals surface area contributed by atoms with Crippen molar-refractivity contribution in [2.75, 3.05) is 12.4 Å². The molecule has 3 N–H and O–H groups in total. The van der Waals surface area contributed by atoms with Gasteiger partial charge in [-0.25, -0.2) is 4.79 Å². The number of hydrogen-bond acceptors (Lipinski definition) is 6. The van der Waals surface area contributed by atoms with E-state index in [1.807, 2.05) is 0 Å². The first-order valence-corrected chi connectivity index (χ1v) is 9.35. The molecule has 0 spiro atoms. The number of esters is 1. The highest BCUT2D eigenvalue weighted by Crippen LogP contribution is 2.39. The van der Waals surface area contributed by atoms with Gasteiger partial charge in [-0.3, -0.25) is 15.6 Å². The quantitative estimate of drug-likeness (QED) is 0.419. The second-order valence-corrected chi connectivity index (χ2v) is 7.57. The summed E-state index contributed by atoms with van der Waals surface area (Å²) in [6.07, 6.45) is 4.22. The predicted molar refractivity (Wildman–Crippen MR) is 102 cm³/mol. The summed E-state index contributed by atoms with van der Waals surface area (Å²) in [5, 5.41) is 3.79. The Morgan fingerprint density at radius 1 is 1.38 bits per heavy atom. The van der Waals surface area contributed by atoms with E-state index in [0.29, 0.717) is 16.5 Å². The molecular formula is C17H19N3O4S2. The van der Waals surface area contributed by atoms with Crippen molar-refractivity contribution in [2.24, 2.45) is 5.92 Å². The van der Waals surface area contributed by atoms with Crippen LogP contribution in [0.15, 0.2) is 22.8 Å². The molecule has 1 aliphatic carbocycles. The van der Waals surface area contributed by atoms with Gasteiger partial charge in [0.1, 0.15) is 5.00 Å². The number of hydrazine groups is 1. The smallest absolute Gasteiger partial charge is 0.341 e. The van der Waals surface area contributed by atoms with E-state index in [9.17, 15) is 9.59 Å². The number of anilines is 1. The van der Waals surface area contributed by atoms with Gasteiger partial charge in [0.2, 0.25) is 0 Å². The van der Waals surface area contributed by atoms with Crippen LogP contribution in [0.2, 0.25) is 0 Å². The van der Waals surface area contributed by atoms with Crippen LogP contribution in [0.25, 0.3) is 0 Å². The summed E-state index contributed by atoms with van der Waals surface area (Å²) in [7, 11) is 1.36. The van der Waals surface area contributed by atoms with Gasteiger partial charge in [0.15, 0.2) is 10.9 Å². The fourth-order valence-electron chi connectivity index (χ4n) is 2.87. The first kappa shape index (κ1) is 18.4. The van der Waals surface area contributed by atoms with E-state index in [4.69, 9.17) is 21.4 Å². The Bertz CT molecular complexity index is 829. The van der Waals surface area contributed by atoms with Crippen LogP contribution in [-0.2, 0) is 17.6 Å². The van der Waals surface area contributed by atoms with E-state index >= 15 is 0 Å². The molecule has 9 heteroatoms. The van der Waals surface area contributed by atoms with Crippen molar-refractivity contribution in [3.63, 3.8) is 0 Å². The molecule has 1 amide bonds. The molecule has 1 atom stereocenters. The molecule has 1 aliphatic rings. The molecule has 2 aromatic heterocycles. The molecular weight excluding hydrogens is 374 g/mol. The monoisotopic (exact) mass is 393 g/mol. The number of methoxy groups -OCH3 is 1. The summed E-state index contributed by atoms with van der Waals surface area (Å²) in [4.78, 5) is 25.3. The average molecular weight is 393 g/mol. The van der Waals surface area contributed by atoms with E-state index in [1.54, 1.807) is 6.07 Å². The van der Waals surface area contributed by atoms with Crippen molar-refractivity contribution >= 4 is 45.5 Å². The van der Waals surface area contributed by atoms with Crippen LogP contribution in [-0.4, -0.2) is 24.1 Å². The number of furan rings is 1. The van der Waals surface area contributed by atoms with Crippen LogP contribution in [0.4, 0.5) is 5.00 Å². The van der Waals surface area contributed by atoms with Gasteiger partial charge in [-0.1, -0.05) is 6.92 Å². The highest BCUT2D eigenvalue weighted by Gasteiger charge is 2.28. The number of thiophene rings is 1. The van der Waals surface area contributed by atoms with Gasteiger partial charge in [-0.05, 0) is 55.1 Å². The van der Waals surface area contributed by atoms with Gasteiger partial charge in [-0.2, -0.15) is 0 Å². The largest absolute Gasteiger partial charge is 0.465 e. The zero-order valence-corrected chi connectivity index (χ0v) is 16.0. The lowest BCUT2D eigenvalue weighted by Crippen LogP contribution is -2.43. The van der Waals surface area contributed by atoms with Crippen LogP contribution in [0.5, 0.6) is 0 Å². The standard InChI is InChI=1S/C17H19N3O4S2/c1-9-5-6-10-12(8-9)26-15(13(10)16(22)23-2)18-17(25)20-19-14(21)11-4-3-7-24-11/h3-4,7,9H,5-6,8H2,1-2H3,(H,19,21)(H2,18,20,25)/t9-/m0/s1. The van der Waals surface area contributed by atoms with Crippen LogP contribution in [0.3, 0.4) is 0 Å². The van der Waals surface area contributed by atoms with E-state index < -0.39 is 5.91 Å². The van der Waals surface area contributed by atoms with Crippen molar-refractivity contribution in [1.29, 1.82) is 0 Å². The first-order chi connectivity index (χ1) is 12.5. The normalized spacial score (nSPS) is 15.7. The van der Waals surface area contributed by atoms with Gasteiger partial charge in [0.05, 0.1) is 18.9 Å². The van der Waals surface area contributed by atoms with Crippen molar-refractivity contribution in [3.05, 3.63) is 40.2 Å². The second-order valence-electron chi connectivity index (χ2n) is 6.06. The average Bonchev–Trinajstić information content (AvgIpc) is 3.26. The minimum absolute atomic E-state index is 0.163. The van der Waals surface area contributed by atoms with Crippen LogP contribution in [0.1, 0.15) is 44.7 Å². The van der Waals surface area contributed by atoms with E-state index in [-0.39, 0.29) is 16.8 Å². The van der Waals surface area contributed by atoms with Gasteiger partial charge >= 0.3 is 11.9 Å². The topological polar surface area (TPSA) is 92.6 Å². The number of rotatable bonds is 3. The van der Waals surface area contributed by atoms with Crippen molar-refractivity contribution in [2.45, 2.75) is 26.2 Å². The van der Waals surface area contributed by atoms with Crippen LogP contribution < -0.4 is 16.2 Å². The second kappa shape index (κ2) is 7.88. The first-order valence-electron chi connectivity index (χ1n) is 8.13. The fraction of sp³-hybridized carbons (Fsp3) is 0.353. The molecule has 0 aromatic carbocycles. The third-order valence-corrected chi connectivity index (χ3v) is 5.54. The van der Waals surface area contributed by atoms with Crippen molar-refractivity contribution in [1.82, 2.24) is 10.9 Å². The highest BCUT2D eigenvalue weighted by molar-refractivity contribution is 7.80. The molecule has 7 nitrogen and oxygen atoms in total. The maximum Gasteiger partial charge on any atom is 0.341 e. The number of thiocarbonyl (C=S) groups is 1. The summed E-state index contributed by atoms with van der Waals surface area (Å²) in [6.45, 7) is 2.20. The van der Waals surface area contributed by atoms with Crippen LogP contribution >= 0.6 is 23.6 Å². The summed E-state index contributed by atoms with van der Waals surface area (Å²) < 4.78 is 9.94. The highest BCUT2D eigenvalue weighted by atomic mass is 32.1. The van der Waals surface area contributed by atoms with E-state index in [2.05, 4.69) is 23.1 Å². The van der Waals surface area contributed by atoms with Gasteiger partial charge in [0, 0.05) is 4.88 Å². The zero-order valence-electron chi connectivity index (χ0n) is 14.4. The van der Waals surface area contributed by atoms with Crippen molar-refractivity contribution < 1.29 is 18.7 Å². The maximum atomic E-state index is 12.3. The molecule has 0 saturated carbocycles. The number of amides is 1. The Morgan fingerprint density at radius 2 is 2.19 bits per heavy atom. The number of nitrogens with one attached hydrogen (secondary N) is 3. The van der Waals surface area contributed by atoms with Gasteiger partial charge in [-0.15, -0.1) is 11.3 Å². The Labute approximate surface area is 160 Å². The third kappa shape index (κ3) is 3.88. The lowest BCUT2D eigenvalue weighted by molar-refractivity contribution is 0.0600. The zero-order chi connectivity index (χ0) is 18.7. The molecule has 0 unspecified atom stereocenters. The Morgan fingerprint density at radius 3 is 2.88 bits per heavy atom. The number of carbonyl (C=O) groups excluding carboxylic acids is 2. The Kier molecular flexibility index (Phi) is 5.58. The van der Waals surface area contributed by atoms with Gasteiger partial charge in [0.25, 0.3) is 0 Å². The Balaban J connectivity index is 1.71. The number of fused-ring (bicyclic) bond motifs is 1. The number of hydrogen-bond donors (Lipinski definition) is 3. The van der Waals surface area contributed by atoms with Gasteiger partial charge < -0.3 is 14.5 Å².